The number of rotatable bonds is 2. The molecule has 4 nitrogen and oxygen atoms in total. The lowest BCUT2D eigenvalue weighted by Crippen LogP contribution is -2.25. The van der Waals surface area contributed by atoms with Crippen molar-refractivity contribution in [1.82, 2.24) is 0 Å². The van der Waals surface area contributed by atoms with Crippen molar-refractivity contribution in [2.24, 2.45) is 5.73 Å². The molecule has 15 heavy (non-hydrogen) atoms. The van der Waals surface area contributed by atoms with E-state index in [2.05, 4.69) is 4.74 Å². The first-order valence-corrected chi connectivity index (χ1v) is 5.41. The van der Waals surface area contributed by atoms with Crippen molar-refractivity contribution in [1.29, 1.82) is 0 Å². The lowest BCUT2D eigenvalue weighted by molar-refractivity contribution is -0.142. The minimum atomic E-state index is -0.214. The number of nitrogens with two attached hydrogens (primary N) is 1. The number of esters is 1. The second-order valence-corrected chi connectivity index (χ2v) is 4.17. The number of hydrogen-bond donors (Lipinski definition) is 1. The zero-order valence-electron chi connectivity index (χ0n) is 8.99. The summed E-state index contributed by atoms with van der Waals surface area (Å²) in [5.41, 5.74) is 7.21. The Hall–Kier alpha value is -1.03. The fraction of sp³-hybridized carbons (Fsp3) is 0.727. The average molecular weight is 211 g/mol. The van der Waals surface area contributed by atoms with E-state index in [1.54, 1.807) is 0 Å². The van der Waals surface area contributed by atoms with E-state index in [9.17, 15) is 4.79 Å². The molecular weight excluding hydrogens is 194 g/mol. The Morgan fingerprint density at radius 1 is 1.67 bits per heavy atom. The van der Waals surface area contributed by atoms with Gasteiger partial charge in [-0.2, -0.15) is 0 Å². The Morgan fingerprint density at radius 3 is 3.13 bits per heavy atom. The molecule has 0 fully saturated rings. The predicted molar refractivity (Wildman–Crippen MR) is 55.0 cm³/mol. The highest BCUT2D eigenvalue weighted by Gasteiger charge is 2.32. The molecular formula is C11H17NO3. The fourth-order valence-corrected chi connectivity index (χ4v) is 2.30. The zero-order chi connectivity index (χ0) is 10.8. The first-order chi connectivity index (χ1) is 7.20. The summed E-state index contributed by atoms with van der Waals surface area (Å²) >= 11 is 0. The summed E-state index contributed by atoms with van der Waals surface area (Å²) in [5.74, 6) is 0.816. The van der Waals surface area contributed by atoms with Crippen molar-refractivity contribution >= 4 is 5.97 Å². The largest absolute Gasteiger partial charge is 0.494 e. The molecule has 0 amide bonds. The molecule has 0 saturated heterocycles. The molecule has 1 heterocycles. The molecule has 84 valence electrons. The summed E-state index contributed by atoms with van der Waals surface area (Å²) in [6.45, 7) is 0. The zero-order valence-corrected chi connectivity index (χ0v) is 8.99. The van der Waals surface area contributed by atoms with Crippen LogP contribution in [-0.2, 0) is 14.3 Å². The van der Waals surface area contributed by atoms with Gasteiger partial charge in [-0.05, 0) is 18.4 Å². The second-order valence-electron chi connectivity index (χ2n) is 4.17. The van der Waals surface area contributed by atoms with E-state index in [1.165, 1.54) is 12.7 Å². The highest BCUT2D eigenvalue weighted by Crippen LogP contribution is 2.36. The maximum atomic E-state index is 11.1. The number of hydrogen-bond acceptors (Lipinski definition) is 4. The third-order valence-electron chi connectivity index (χ3n) is 3.10. The molecule has 4 heteroatoms. The molecule has 0 saturated carbocycles. The van der Waals surface area contributed by atoms with Gasteiger partial charge in [-0.1, -0.05) is 0 Å². The normalized spacial score (nSPS) is 29.7. The molecule has 2 atom stereocenters. The minimum absolute atomic E-state index is 0.0494. The molecule has 0 radical (unpaired) electrons. The Morgan fingerprint density at radius 2 is 2.47 bits per heavy atom. The van der Waals surface area contributed by atoms with Crippen LogP contribution in [0.1, 0.15) is 32.1 Å². The van der Waals surface area contributed by atoms with Crippen molar-refractivity contribution in [2.45, 2.75) is 44.2 Å². The molecule has 1 aliphatic carbocycles. The molecule has 0 aromatic carbocycles. The standard InChI is InChI=1S/C11H17NO3/c1-14-11(13)6-7-5-8-9(12)3-2-4-10(8)15-7/h7,9H,2-6,12H2,1H3/t7-,9+/m1/s1. The Kier molecular flexibility index (Phi) is 2.95. The van der Waals surface area contributed by atoms with E-state index in [0.29, 0.717) is 6.42 Å². The summed E-state index contributed by atoms with van der Waals surface area (Å²) < 4.78 is 10.3. The molecule has 0 aromatic rings. The first-order valence-electron chi connectivity index (χ1n) is 5.41. The van der Waals surface area contributed by atoms with Gasteiger partial charge in [-0.25, -0.2) is 0 Å². The molecule has 0 unspecified atom stereocenters. The van der Waals surface area contributed by atoms with Gasteiger partial charge in [-0.15, -0.1) is 0 Å². The van der Waals surface area contributed by atoms with Crippen LogP contribution < -0.4 is 5.73 Å². The average Bonchev–Trinajstić information content (AvgIpc) is 2.62. The maximum absolute atomic E-state index is 11.1. The van der Waals surface area contributed by atoms with Crippen LogP contribution in [0.3, 0.4) is 0 Å². The predicted octanol–water partition coefficient (Wildman–Crippen LogP) is 1.10. The number of carbonyl (C=O) groups is 1. The van der Waals surface area contributed by atoms with Gasteiger partial charge in [0.15, 0.2) is 0 Å². The quantitative estimate of drug-likeness (QED) is 0.695. The van der Waals surface area contributed by atoms with Gasteiger partial charge < -0.3 is 15.2 Å². The van der Waals surface area contributed by atoms with Crippen LogP contribution in [0.25, 0.3) is 0 Å². The van der Waals surface area contributed by atoms with E-state index in [-0.39, 0.29) is 18.1 Å². The monoisotopic (exact) mass is 211 g/mol. The van der Waals surface area contributed by atoms with Crippen LogP contribution in [0, 0.1) is 0 Å². The van der Waals surface area contributed by atoms with Crippen LogP contribution in [0.2, 0.25) is 0 Å². The van der Waals surface area contributed by atoms with Crippen LogP contribution >= 0.6 is 0 Å². The third kappa shape index (κ3) is 2.15. The van der Waals surface area contributed by atoms with E-state index >= 15 is 0 Å². The first kappa shape index (κ1) is 10.5. The van der Waals surface area contributed by atoms with E-state index < -0.39 is 0 Å². The maximum Gasteiger partial charge on any atom is 0.309 e. The minimum Gasteiger partial charge on any atom is -0.494 e. The van der Waals surface area contributed by atoms with Crippen LogP contribution in [0.15, 0.2) is 11.3 Å². The molecule has 0 aromatic heterocycles. The van der Waals surface area contributed by atoms with Crippen molar-refractivity contribution in [3.63, 3.8) is 0 Å². The number of carbonyl (C=O) groups excluding carboxylic acids is 1. The molecule has 2 N–H and O–H groups in total. The Balaban J connectivity index is 1.95. The van der Waals surface area contributed by atoms with Crippen LogP contribution in [0.5, 0.6) is 0 Å². The van der Waals surface area contributed by atoms with E-state index in [4.69, 9.17) is 10.5 Å². The topological polar surface area (TPSA) is 61.5 Å². The number of allylic oxidation sites excluding steroid dienone is 1. The highest BCUT2D eigenvalue weighted by atomic mass is 16.5. The van der Waals surface area contributed by atoms with Gasteiger partial charge in [0.25, 0.3) is 0 Å². The van der Waals surface area contributed by atoms with Gasteiger partial charge in [0.05, 0.1) is 19.3 Å². The molecule has 1 aliphatic heterocycles. The summed E-state index contributed by atoms with van der Waals surface area (Å²) in [6, 6.07) is 0.136. The lowest BCUT2D eigenvalue weighted by atomic mass is 9.91. The van der Waals surface area contributed by atoms with Crippen LogP contribution in [0.4, 0.5) is 0 Å². The van der Waals surface area contributed by atoms with Gasteiger partial charge in [0, 0.05) is 18.9 Å². The Bertz CT molecular complexity index is 298. The number of methoxy groups -OCH3 is 1. The summed E-state index contributed by atoms with van der Waals surface area (Å²) in [6.07, 6.45) is 4.17. The fourth-order valence-electron chi connectivity index (χ4n) is 2.30. The van der Waals surface area contributed by atoms with E-state index in [1.807, 2.05) is 0 Å². The SMILES string of the molecule is COC(=O)C[C@H]1CC2=C(CCC[C@@H]2N)O1. The van der Waals surface area contributed by atoms with Crippen molar-refractivity contribution in [2.75, 3.05) is 7.11 Å². The van der Waals surface area contributed by atoms with Gasteiger partial charge in [0.1, 0.15) is 6.10 Å². The van der Waals surface area contributed by atoms with Crippen molar-refractivity contribution < 1.29 is 14.3 Å². The molecule has 2 rings (SSSR count). The van der Waals surface area contributed by atoms with Gasteiger partial charge in [0.2, 0.25) is 0 Å². The molecule has 2 aliphatic rings. The second kappa shape index (κ2) is 4.23. The molecule has 0 bridgehead atoms. The third-order valence-corrected chi connectivity index (χ3v) is 3.10. The van der Waals surface area contributed by atoms with Gasteiger partial charge in [-0.3, -0.25) is 4.79 Å². The summed E-state index contributed by atoms with van der Waals surface area (Å²) in [5, 5.41) is 0. The van der Waals surface area contributed by atoms with Gasteiger partial charge >= 0.3 is 5.97 Å². The summed E-state index contributed by atoms with van der Waals surface area (Å²) in [7, 11) is 1.40. The van der Waals surface area contributed by atoms with Crippen molar-refractivity contribution in [3.8, 4) is 0 Å². The van der Waals surface area contributed by atoms with Crippen LogP contribution in [-0.4, -0.2) is 25.2 Å². The number of ether oxygens (including phenoxy) is 2. The van der Waals surface area contributed by atoms with E-state index in [0.717, 1.165) is 31.4 Å². The Labute approximate surface area is 89.4 Å². The summed E-state index contributed by atoms with van der Waals surface area (Å²) in [4.78, 5) is 11.1. The highest BCUT2D eigenvalue weighted by molar-refractivity contribution is 5.70. The lowest BCUT2D eigenvalue weighted by Gasteiger charge is -2.18. The molecule has 0 spiro atoms. The van der Waals surface area contributed by atoms with Crippen molar-refractivity contribution in [3.05, 3.63) is 11.3 Å². The smallest absolute Gasteiger partial charge is 0.309 e.